The molecule has 0 aromatic heterocycles. The third-order valence-corrected chi connectivity index (χ3v) is 6.07. The highest BCUT2D eigenvalue weighted by Crippen LogP contribution is 2.30. The Morgan fingerprint density at radius 1 is 0.625 bits per heavy atom. The fraction of sp³-hybridized carbons (Fsp3) is 0.0909. The van der Waals surface area contributed by atoms with Crippen LogP contribution < -0.4 is 9.47 Å². The maximum atomic E-state index is 15.0. The standard InChI is InChI=1S/C33H25F3O4/c1-19(2)32(37)39-26-12-7-21(8-13-26)23-5-6-24(29(34)18-23)17-25-11-16-28(31(36)30(25)35)22-9-14-27(15-10-22)40-33(38)20(3)4/h5-16,18H,1,3,17H2,2,4H3. The Morgan fingerprint density at radius 3 is 1.60 bits per heavy atom. The molecule has 0 spiro atoms. The van der Waals surface area contributed by atoms with E-state index in [0.717, 1.165) is 0 Å². The highest BCUT2D eigenvalue weighted by atomic mass is 19.2. The molecule has 0 bridgehead atoms. The molecule has 0 atom stereocenters. The van der Waals surface area contributed by atoms with Crippen LogP contribution in [0, 0.1) is 17.5 Å². The third kappa shape index (κ3) is 6.38. The molecule has 202 valence electrons. The lowest BCUT2D eigenvalue weighted by Crippen LogP contribution is -2.07. The fourth-order valence-electron chi connectivity index (χ4n) is 3.83. The SMILES string of the molecule is C=C(C)C(=O)Oc1ccc(-c2ccc(Cc3ccc(-c4ccc(OC(=O)C(=C)C)cc4)c(F)c3F)c(F)c2)cc1. The summed E-state index contributed by atoms with van der Waals surface area (Å²) in [5, 5.41) is 0. The molecule has 0 aliphatic carbocycles. The summed E-state index contributed by atoms with van der Waals surface area (Å²) >= 11 is 0. The van der Waals surface area contributed by atoms with Crippen LogP contribution in [0.2, 0.25) is 0 Å². The summed E-state index contributed by atoms with van der Waals surface area (Å²) in [4.78, 5) is 23.3. The monoisotopic (exact) mass is 542 g/mol. The summed E-state index contributed by atoms with van der Waals surface area (Å²) in [5.74, 6) is -3.26. The van der Waals surface area contributed by atoms with Crippen LogP contribution in [-0.2, 0) is 16.0 Å². The quantitative estimate of drug-likeness (QED) is 0.129. The average Bonchev–Trinajstić information content (AvgIpc) is 2.93. The van der Waals surface area contributed by atoms with Gasteiger partial charge in [0.25, 0.3) is 0 Å². The van der Waals surface area contributed by atoms with Gasteiger partial charge in [0.2, 0.25) is 0 Å². The number of halogens is 3. The van der Waals surface area contributed by atoms with Gasteiger partial charge in [-0.25, -0.2) is 22.8 Å². The van der Waals surface area contributed by atoms with Gasteiger partial charge in [0.15, 0.2) is 11.6 Å². The lowest BCUT2D eigenvalue weighted by atomic mass is 9.97. The molecule has 40 heavy (non-hydrogen) atoms. The lowest BCUT2D eigenvalue weighted by molar-refractivity contribution is -0.130. The number of carbonyl (C=O) groups excluding carboxylic acids is 2. The van der Waals surface area contributed by atoms with Crippen molar-refractivity contribution >= 4 is 11.9 Å². The Morgan fingerprint density at radius 2 is 1.10 bits per heavy atom. The second-order valence-corrected chi connectivity index (χ2v) is 9.27. The van der Waals surface area contributed by atoms with Gasteiger partial charge in [0.05, 0.1) is 0 Å². The van der Waals surface area contributed by atoms with E-state index in [9.17, 15) is 14.0 Å². The fourth-order valence-corrected chi connectivity index (χ4v) is 3.83. The van der Waals surface area contributed by atoms with Crippen LogP contribution in [0.15, 0.2) is 103 Å². The van der Waals surface area contributed by atoms with E-state index in [-0.39, 0.29) is 40.0 Å². The van der Waals surface area contributed by atoms with Gasteiger partial charge < -0.3 is 9.47 Å². The molecule has 4 nitrogen and oxygen atoms in total. The van der Waals surface area contributed by atoms with Gasteiger partial charge in [-0.1, -0.05) is 61.7 Å². The molecule has 0 N–H and O–H groups in total. The molecule has 7 heteroatoms. The Kier molecular flexibility index (Phi) is 8.34. The zero-order chi connectivity index (χ0) is 29.0. The smallest absolute Gasteiger partial charge is 0.338 e. The first-order valence-corrected chi connectivity index (χ1v) is 12.2. The van der Waals surface area contributed by atoms with Gasteiger partial charge in [0.1, 0.15) is 17.3 Å². The van der Waals surface area contributed by atoms with E-state index in [2.05, 4.69) is 13.2 Å². The minimum absolute atomic E-state index is 0.00332. The van der Waals surface area contributed by atoms with Gasteiger partial charge in [-0.3, -0.25) is 0 Å². The minimum Gasteiger partial charge on any atom is -0.423 e. The molecule has 0 saturated heterocycles. The normalized spacial score (nSPS) is 10.6. The summed E-state index contributed by atoms with van der Waals surface area (Å²) in [7, 11) is 0. The Labute approximate surface area is 230 Å². The van der Waals surface area contributed by atoms with Crippen molar-refractivity contribution in [3.05, 3.63) is 132 Å². The predicted octanol–water partition coefficient (Wildman–Crippen LogP) is 7.99. The van der Waals surface area contributed by atoms with E-state index in [1.54, 1.807) is 37.3 Å². The number of carbonyl (C=O) groups is 2. The van der Waals surface area contributed by atoms with Crippen LogP contribution in [0.4, 0.5) is 13.2 Å². The van der Waals surface area contributed by atoms with Crippen LogP contribution in [0.1, 0.15) is 25.0 Å². The molecule has 0 unspecified atom stereocenters. The molecule has 4 aromatic rings. The van der Waals surface area contributed by atoms with E-state index in [1.807, 2.05) is 0 Å². The third-order valence-electron chi connectivity index (χ3n) is 6.07. The van der Waals surface area contributed by atoms with Crippen molar-refractivity contribution in [3.63, 3.8) is 0 Å². The number of ether oxygens (including phenoxy) is 2. The number of rotatable bonds is 8. The lowest BCUT2D eigenvalue weighted by Gasteiger charge is -2.11. The molecule has 4 rings (SSSR count). The molecule has 0 aliphatic rings. The van der Waals surface area contributed by atoms with Crippen LogP contribution in [-0.4, -0.2) is 11.9 Å². The van der Waals surface area contributed by atoms with Crippen LogP contribution in [0.3, 0.4) is 0 Å². The molecular weight excluding hydrogens is 517 g/mol. The largest absolute Gasteiger partial charge is 0.423 e. The Bertz CT molecular complexity index is 1620. The summed E-state index contributed by atoms with van der Waals surface area (Å²) < 4.78 is 55.3. The Balaban J connectivity index is 1.49. The van der Waals surface area contributed by atoms with Crippen molar-refractivity contribution in [1.82, 2.24) is 0 Å². The molecule has 0 radical (unpaired) electrons. The average molecular weight is 543 g/mol. The number of hydrogen-bond donors (Lipinski definition) is 0. The maximum Gasteiger partial charge on any atom is 0.338 e. The highest BCUT2D eigenvalue weighted by molar-refractivity contribution is 5.89. The summed E-state index contributed by atoms with van der Waals surface area (Å²) in [6.07, 6.45) is -0.152. The van der Waals surface area contributed by atoms with Gasteiger partial charge in [-0.15, -0.1) is 0 Å². The first-order valence-electron chi connectivity index (χ1n) is 12.2. The first-order chi connectivity index (χ1) is 19.0. The second kappa shape index (κ2) is 11.9. The molecule has 0 saturated carbocycles. The van der Waals surface area contributed by atoms with E-state index in [0.29, 0.717) is 22.4 Å². The summed E-state index contributed by atoms with van der Waals surface area (Å²) in [6, 6.07) is 19.9. The van der Waals surface area contributed by atoms with Crippen molar-refractivity contribution < 1.29 is 32.2 Å². The van der Waals surface area contributed by atoms with Gasteiger partial charge in [-0.2, -0.15) is 0 Å². The highest BCUT2D eigenvalue weighted by Gasteiger charge is 2.17. The van der Waals surface area contributed by atoms with Gasteiger partial charge >= 0.3 is 11.9 Å². The zero-order valence-corrected chi connectivity index (χ0v) is 21.9. The van der Waals surface area contributed by atoms with Crippen molar-refractivity contribution in [2.24, 2.45) is 0 Å². The van der Waals surface area contributed by atoms with Crippen molar-refractivity contribution in [1.29, 1.82) is 0 Å². The molecule has 0 heterocycles. The summed E-state index contributed by atoms with van der Waals surface area (Å²) in [6.45, 7) is 10.1. The zero-order valence-electron chi connectivity index (χ0n) is 21.9. The maximum absolute atomic E-state index is 15.0. The van der Waals surface area contributed by atoms with Crippen LogP contribution in [0.5, 0.6) is 11.5 Å². The van der Waals surface area contributed by atoms with Crippen LogP contribution in [0.25, 0.3) is 22.3 Å². The van der Waals surface area contributed by atoms with E-state index in [4.69, 9.17) is 9.47 Å². The molecular formula is C33H25F3O4. The van der Waals surface area contributed by atoms with Crippen molar-refractivity contribution in [2.45, 2.75) is 20.3 Å². The van der Waals surface area contributed by atoms with Crippen molar-refractivity contribution in [3.8, 4) is 33.8 Å². The van der Waals surface area contributed by atoms with E-state index >= 15 is 8.78 Å². The van der Waals surface area contributed by atoms with Crippen molar-refractivity contribution in [2.75, 3.05) is 0 Å². The second-order valence-electron chi connectivity index (χ2n) is 9.27. The van der Waals surface area contributed by atoms with E-state index in [1.165, 1.54) is 55.5 Å². The number of esters is 2. The minimum atomic E-state index is -1.07. The topological polar surface area (TPSA) is 52.6 Å². The number of hydrogen-bond acceptors (Lipinski definition) is 4. The van der Waals surface area contributed by atoms with E-state index < -0.39 is 29.4 Å². The van der Waals surface area contributed by atoms with Gasteiger partial charge in [-0.05, 0) is 72.0 Å². The summed E-state index contributed by atoms with van der Waals surface area (Å²) in [5.41, 5.74) is 2.36. The molecule has 0 amide bonds. The molecule has 0 aliphatic heterocycles. The molecule has 4 aromatic carbocycles. The first kappa shape index (κ1) is 28.1. The van der Waals surface area contributed by atoms with Gasteiger partial charge in [0, 0.05) is 23.1 Å². The number of benzene rings is 4. The van der Waals surface area contributed by atoms with Crippen LogP contribution >= 0.6 is 0 Å². The Hall–Kier alpha value is -4.91. The molecule has 0 fully saturated rings. The predicted molar refractivity (Wildman–Crippen MR) is 147 cm³/mol.